The lowest BCUT2D eigenvalue weighted by Gasteiger charge is -2.31. The summed E-state index contributed by atoms with van der Waals surface area (Å²) in [5.74, 6) is 2.00. The number of hydrogen-bond donors (Lipinski definition) is 1. The minimum absolute atomic E-state index is 0.0696. The molecule has 3 rings (SSSR count). The monoisotopic (exact) mass is 318 g/mol. The molecule has 0 saturated carbocycles. The molecule has 124 valence electrons. The summed E-state index contributed by atoms with van der Waals surface area (Å²) in [7, 11) is 3.48. The SMILES string of the molecule is COc1ncc(CN2CCC(c3nnc(CO)n3C)CC2)cn1. The first kappa shape index (κ1) is 15.8. The number of hydrogen-bond acceptors (Lipinski definition) is 7. The van der Waals surface area contributed by atoms with Crippen molar-refractivity contribution in [3.63, 3.8) is 0 Å². The van der Waals surface area contributed by atoms with Crippen molar-refractivity contribution in [3.05, 3.63) is 29.6 Å². The number of aliphatic hydroxyl groups is 1. The average molecular weight is 318 g/mol. The molecule has 0 aromatic carbocycles. The number of rotatable bonds is 5. The van der Waals surface area contributed by atoms with Gasteiger partial charge in [0.2, 0.25) is 0 Å². The van der Waals surface area contributed by atoms with Crippen LogP contribution in [0.4, 0.5) is 0 Å². The van der Waals surface area contributed by atoms with Gasteiger partial charge in [0.1, 0.15) is 12.4 Å². The molecule has 8 nitrogen and oxygen atoms in total. The second-order valence-electron chi connectivity index (χ2n) is 5.82. The van der Waals surface area contributed by atoms with E-state index in [9.17, 15) is 5.11 Å². The zero-order chi connectivity index (χ0) is 16.2. The van der Waals surface area contributed by atoms with Crippen molar-refractivity contribution in [1.29, 1.82) is 0 Å². The molecule has 0 bridgehead atoms. The Balaban J connectivity index is 1.56. The first-order valence-electron chi connectivity index (χ1n) is 7.77. The largest absolute Gasteiger partial charge is 0.467 e. The summed E-state index contributed by atoms with van der Waals surface area (Å²) in [6.07, 6.45) is 5.70. The van der Waals surface area contributed by atoms with Crippen molar-refractivity contribution in [2.45, 2.75) is 31.9 Å². The minimum atomic E-state index is -0.0696. The maximum absolute atomic E-state index is 9.22. The van der Waals surface area contributed by atoms with E-state index in [4.69, 9.17) is 4.74 Å². The van der Waals surface area contributed by atoms with Gasteiger partial charge in [-0.25, -0.2) is 9.97 Å². The van der Waals surface area contributed by atoms with Crippen molar-refractivity contribution in [2.24, 2.45) is 7.05 Å². The highest BCUT2D eigenvalue weighted by molar-refractivity contribution is 5.08. The fourth-order valence-corrected chi connectivity index (χ4v) is 3.01. The number of piperidine rings is 1. The molecule has 1 N–H and O–H groups in total. The molecule has 0 atom stereocenters. The third-order valence-corrected chi connectivity index (χ3v) is 4.36. The zero-order valence-corrected chi connectivity index (χ0v) is 13.5. The third kappa shape index (κ3) is 3.48. The Bertz CT molecular complexity index is 634. The second-order valence-corrected chi connectivity index (χ2v) is 5.82. The summed E-state index contributed by atoms with van der Waals surface area (Å²) in [5.41, 5.74) is 1.09. The molecular formula is C15H22N6O2. The Morgan fingerprint density at radius 3 is 2.48 bits per heavy atom. The van der Waals surface area contributed by atoms with Gasteiger partial charge in [-0.3, -0.25) is 4.90 Å². The molecule has 23 heavy (non-hydrogen) atoms. The fraction of sp³-hybridized carbons (Fsp3) is 0.600. The Hall–Kier alpha value is -2.06. The highest BCUT2D eigenvalue weighted by Gasteiger charge is 2.25. The van der Waals surface area contributed by atoms with Gasteiger partial charge in [-0.05, 0) is 25.9 Å². The maximum atomic E-state index is 9.22. The molecule has 0 unspecified atom stereocenters. The van der Waals surface area contributed by atoms with Crippen LogP contribution < -0.4 is 4.74 Å². The maximum Gasteiger partial charge on any atom is 0.316 e. The quantitative estimate of drug-likeness (QED) is 0.858. The first-order valence-corrected chi connectivity index (χ1v) is 7.77. The molecule has 8 heteroatoms. The van der Waals surface area contributed by atoms with E-state index < -0.39 is 0 Å². The van der Waals surface area contributed by atoms with E-state index in [0.29, 0.717) is 17.8 Å². The summed E-state index contributed by atoms with van der Waals surface area (Å²) < 4.78 is 6.89. The number of aromatic nitrogens is 5. The van der Waals surface area contributed by atoms with E-state index in [0.717, 1.165) is 43.9 Å². The van der Waals surface area contributed by atoms with Crippen LogP contribution in [0.15, 0.2) is 12.4 Å². The number of ether oxygens (including phenoxy) is 1. The first-order chi connectivity index (χ1) is 11.2. The smallest absolute Gasteiger partial charge is 0.316 e. The highest BCUT2D eigenvalue weighted by atomic mass is 16.5. The molecule has 1 aliphatic heterocycles. The van der Waals surface area contributed by atoms with E-state index >= 15 is 0 Å². The lowest BCUT2D eigenvalue weighted by atomic mass is 9.95. The van der Waals surface area contributed by atoms with Gasteiger partial charge < -0.3 is 14.4 Å². The molecule has 0 spiro atoms. The van der Waals surface area contributed by atoms with Crippen LogP contribution in [0.1, 0.15) is 36.0 Å². The molecule has 0 radical (unpaired) electrons. The second kappa shape index (κ2) is 7.01. The molecule has 3 heterocycles. The van der Waals surface area contributed by atoms with E-state index in [1.54, 1.807) is 7.11 Å². The van der Waals surface area contributed by atoms with Gasteiger partial charge in [-0.15, -0.1) is 10.2 Å². The van der Waals surface area contributed by atoms with Crippen LogP contribution in [0.5, 0.6) is 6.01 Å². The number of likely N-dealkylation sites (tertiary alicyclic amines) is 1. The number of aliphatic hydroxyl groups excluding tert-OH is 1. The van der Waals surface area contributed by atoms with Crippen LogP contribution in [-0.2, 0) is 20.2 Å². The lowest BCUT2D eigenvalue weighted by molar-refractivity contribution is 0.199. The highest BCUT2D eigenvalue weighted by Crippen LogP contribution is 2.27. The van der Waals surface area contributed by atoms with Crippen molar-refractivity contribution >= 4 is 0 Å². The van der Waals surface area contributed by atoms with Crippen molar-refractivity contribution < 1.29 is 9.84 Å². The van der Waals surface area contributed by atoms with Crippen LogP contribution in [0.3, 0.4) is 0 Å². The predicted molar refractivity (Wildman–Crippen MR) is 82.8 cm³/mol. The van der Waals surface area contributed by atoms with Gasteiger partial charge in [0, 0.05) is 37.5 Å². The Morgan fingerprint density at radius 2 is 1.91 bits per heavy atom. The van der Waals surface area contributed by atoms with E-state index in [2.05, 4.69) is 25.1 Å². The van der Waals surface area contributed by atoms with Gasteiger partial charge >= 0.3 is 6.01 Å². The Morgan fingerprint density at radius 1 is 1.22 bits per heavy atom. The van der Waals surface area contributed by atoms with E-state index in [1.165, 1.54) is 0 Å². The molecular weight excluding hydrogens is 296 g/mol. The molecule has 2 aromatic heterocycles. The molecule has 0 amide bonds. The minimum Gasteiger partial charge on any atom is -0.467 e. The zero-order valence-electron chi connectivity index (χ0n) is 13.5. The van der Waals surface area contributed by atoms with Crippen LogP contribution in [0.2, 0.25) is 0 Å². The van der Waals surface area contributed by atoms with Crippen molar-refractivity contribution in [2.75, 3.05) is 20.2 Å². The van der Waals surface area contributed by atoms with Gasteiger partial charge in [0.15, 0.2) is 5.82 Å². The van der Waals surface area contributed by atoms with Crippen LogP contribution in [-0.4, -0.2) is 54.9 Å². The third-order valence-electron chi connectivity index (χ3n) is 4.36. The molecule has 2 aromatic rings. The van der Waals surface area contributed by atoms with Gasteiger partial charge in [0.05, 0.1) is 7.11 Å². The normalized spacial score (nSPS) is 16.7. The summed E-state index contributed by atoms with van der Waals surface area (Å²) in [6, 6.07) is 0.398. The number of methoxy groups -OCH3 is 1. The summed E-state index contributed by atoms with van der Waals surface area (Å²) in [6.45, 7) is 2.77. The molecule has 1 saturated heterocycles. The van der Waals surface area contributed by atoms with Gasteiger partial charge in [-0.2, -0.15) is 0 Å². The van der Waals surface area contributed by atoms with Crippen molar-refractivity contribution in [3.8, 4) is 6.01 Å². The predicted octanol–water partition coefficient (Wildman–Crippen LogP) is 0.486. The summed E-state index contributed by atoms with van der Waals surface area (Å²) in [4.78, 5) is 10.7. The van der Waals surface area contributed by atoms with Crippen molar-refractivity contribution in [1.82, 2.24) is 29.6 Å². The van der Waals surface area contributed by atoms with E-state index in [1.807, 2.05) is 24.0 Å². The average Bonchev–Trinajstić information content (AvgIpc) is 2.97. The Labute approximate surface area is 135 Å². The number of nitrogens with zero attached hydrogens (tertiary/aromatic N) is 6. The van der Waals surface area contributed by atoms with Crippen LogP contribution in [0, 0.1) is 0 Å². The lowest BCUT2D eigenvalue weighted by Crippen LogP contribution is -2.33. The topological polar surface area (TPSA) is 89.2 Å². The molecule has 0 aliphatic carbocycles. The van der Waals surface area contributed by atoms with Gasteiger partial charge in [-0.1, -0.05) is 0 Å². The fourth-order valence-electron chi connectivity index (χ4n) is 3.01. The molecule has 1 fully saturated rings. The summed E-state index contributed by atoms with van der Waals surface area (Å²) >= 11 is 0. The van der Waals surface area contributed by atoms with E-state index in [-0.39, 0.29) is 6.61 Å². The standard InChI is InChI=1S/C15H22N6O2/c1-20-13(10-22)18-19-14(20)12-3-5-21(6-4-12)9-11-7-16-15(23-2)17-8-11/h7-8,12,22H,3-6,9-10H2,1-2H3. The molecule has 1 aliphatic rings. The van der Waals surface area contributed by atoms with Gasteiger partial charge in [0.25, 0.3) is 0 Å². The van der Waals surface area contributed by atoms with Crippen LogP contribution in [0.25, 0.3) is 0 Å². The Kier molecular flexibility index (Phi) is 4.82. The summed E-state index contributed by atoms with van der Waals surface area (Å²) in [5, 5.41) is 17.5. The van der Waals surface area contributed by atoms with Crippen LogP contribution >= 0.6 is 0 Å².